The van der Waals surface area contributed by atoms with Crippen molar-refractivity contribution in [2.24, 2.45) is 40.4 Å². The molecule has 1 aromatic heterocycles. The smallest absolute Gasteiger partial charge is 0.257 e. The molecule has 1 saturated carbocycles. The van der Waals surface area contributed by atoms with Crippen molar-refractivity contribution in [3.05, 3.63) is 53.9 Å². The zero-order valence-electron chi connectivity index (χ0n) is 32.4. The first kappa shape index (κ1) is 39.5. The summed E-state index contributed by atoms with van der Waals surface area (Å²) in [5.41, 5.74) is 1.25. The molecule has 1 aromatic carbocycles. The van der Waals surface area contributed by atoms with Crippen molar-refractivity contribution in [1.82, 2.24) is 29.8 Å². The van der Waals surface area contributed by atoms with E-state index in [2.05, 4.69) is 52.0 Å². The Labute approximate surface area is 312 Å². The van der Waals surface area contributed by atoms with Gasteiger partial charge in [-0.3, -0.25) is 23.9 Å². The maximum absolute atomic E-state index is 13.6. The van der Waals surface area contributed by atoms with Gasteiger partial charge in [0.15, 0.2) is 0 Å². The van der Waals surface area contributed by atoms with Gasteiger partial charge in [-0.2, -0.15) is 5.10 Å². The third kappa shape index (κ3) is 9.82. The van der Waals surface area contributed by atoms with Crippen molar-refractivity contribution in [2.75, 3.05) is 59.0 Å². The Morgan fingerprint density at radius 2 is 1.69 bits per heavy atom. The van der Waals surface area contributed by atoms with Crippen LogP contribution in [0.25, 0.3) is 0 Å². The second-order valence-corrected chi connectivity index (χ2v) is 16.9. The van der Waals surface area contributed by atoms with Gasteiger partial charge in [0.1, 0.15) is 0 Å². The molecule has 0 radical (unpaired) electrons. The van der Waals surface area contributed by atoms with Crippen LogP contribution in [0.1, 0.15) is 91.0 Å². The second-order valence-electron chi connectivity index (χ2n) is 16.9. The van der Waals surface area contributed by atoms with Gasteiger partial charge in [-0.1, -0.05) is 84.7 Å². The summed E-state index contributed by atoms with van der Waals surface area (Å²) in [6.45, 7) is 18.9. The number of benzene rings is 1. The molecule has 2 aromatic rings. The largest absolute Gasteiger partial charge is 0.379 e. The summed E-state index contributed by atoms with van der Waals surface area (Å²) in [4.78, 5) is 56.2. The van der Waals surface area contributed by atoms with Crippen molar-refractivity contribution < 1.29 is 25.3 Å². The minimum atomic E-state index is -0.427. The number of likely N-dealkylation sites (tertiary alicyclic amines) is 3. The van der Waals surface area contributed by atoms with Gasteiger partial charge < -0.3 is 24.8 Å². The van der Waals surface area contributed by atoms with Crippen LogP contribution < -0.4 is 5.32 Å². The molecule has 1 spiro atoms. The summed E-state index contributed by atoms with van der Waals surface area (Å²) in [7, 11) is 0. The van der Waals surface area contributed by atoms with E-state index in [-0.39, 0.29) is 36.4 Å². The molecule has 6 rings (SSSR count). The van der Waals surface area contributed by atoms with E-state index in [0.717, 1.165) is 50.7 Å². The van der Waals surface area contributed by atoms with Crippen LogP contribution in [0, 0.1) is 40.4 Å². The number of nitrogens with zero attached hydrogens (tertiary/aromatic N) is 5. The molecule has 3 saturated heterocycles. The molecule has 4 aliphatic rings. The molecular weight excluding hydrogens is 656 g/mol. The Bertz CT molecular complexity index is 1500. The van der Waals surface area contributed by atoms with Gasteiger partial charge in [0, 0.05) is 71.4 Å². The molecule has 1 N–H and O–H groups in total. The molecule has 0 bridgehead atoms. The van der Waals surface area contributed by atoms with E-state index in [0.29, 0.717) is 75.8 Å². The maximum Gasteiger partial charge on any atom is 0.257 e. The molecule has 4 fully saturated rings. The summed E-state index contributed by atoms with van der Waals surface area (Å²) >= 11 is 0. The van der Waals surface area contributed by atoms with E-state index in [4.69, 9.17) is 4.74 Å². The number of hydrogen-bond acceptors (Lipinski definition) is 6. The second kappa shape index (κ2) is 17.4. The summed E-state index contributed by atoms with van der Waals surface area (Å²) in [6.07, 6.45) is 9.91. The van der Waals surface area contributed by atoms with Crippen LogP contribution in [-0.4, -0.2) is 108 Å². The Hall–Kier alpha value is -3.73. The molecule has 2 unspecified atom stereocenters. The highest BCUT2D eigenvalue weighted by molar-refractivity contribution is 5.95. The standard InChI is InChI=1S/C33H47N5O4.C8H15NO.H2/c1-5-10-24(6-2)20-42-14-13-34-29(39)28-19-36(21-33(28)22-37(23-33)31(41)27-15-32(27,3)4)30(40)26-16-35-38(18-26)17-25-11-8-7-9-12-25;1-7-3-8(2)5-9(4-7)6-10;/h7-9,11-12,16,18,24,27-28H,5-6,10,13-15,17,19-23H2,1-4H3,(H,34,39);6-8H,3-5H2,1-2H3;1H/t24?,27-,28?;7-,8+;/m1../s1. The highest BCUT2D eigenvalue weighted by Gasteiger charge is 2.61. The number of hydrogen-bond donors (Lipinski definition) is 1. The first-order valence-electron chi connectivity index (χ1n) is 19.6. The minimum Gasteiger partial charge on any atom is -0.379 e. The number of piperidine rings is 1. The summed E-state index contributed by atoms with van der Waals surface area (Å²) in [6, 6.07) is 10.00. The Balaban J connectivity index is 0.000000494. The van der Waals surface area contributed by atoms with Crippen LogP contribution in [0.3, 0.4) is 0 Å². The van der Waals surface area contributed by atoms with E-state index in [9.17, 15) is 19.2 Å². The van der Waals surface area contributed by atoms with Crippen molar-refractivity contribution in [1.29, 1.82) is 0 Å². The number of carbonyl (C=O) groups excluding carboxylic acids is 4. The molecule has 288 valence electrons. The number of amides is 4. The molecule has 5 atom stereocenters. The van der Waals surface area contributed by atoms with Gasteiger partial charge in [0.25, 0.3) is 5.91 Å². The van der Waals surface area contributed by atoms with Crippen LogP contribution in [0.4, 0.5) is 0 Å². The lowest BCUT2D eigenvalue weighted by Gasteiger charge is -2.50. The lowest BCUT2D eigenvalue weighted by Crippen LogP contribution is -2.64. The van der Waals surface area contributed by atoms with Crippen LogP contribution in [0.2, 0.25) is 0 Å². The molecular formula is C41H64N6O5. The fourth-order valence-electron chi connectivity index (χ4n) is 8.53. The van der Waals surface area contributed by atoms with Gasteiger partial charge in [0.2, 0.25) is 18.2 Å². The quantitative estimate of drug-likeness (QED) is 0.212. The monoisotopic (exact) mass is 720 g/mol. The molecule has 11 nitrogen and oxygen atoms in total. The Morgan fingerprint density at radius 1 is 1.02 bits per heavy atom. The SMILES string of the molecule is CCCC(CC)COCCNC(=O)C1CN(C(=O)c2cnn(Cc3ccccc3)c2)CC12CN(C(=O)[C@H]1CC1(C)C)C2.C[C@@H]1C[C@H](C)CN(C=O)C1.[HH]. The Kier molecular flexibility index (Phi) is 13.2. The fourth-order valence-corrected chi connectivity index (χ4v) is 8.53. The summed E-state index contributed by atoms with van der Waals surface area (Å²) < 4.78 is 7.63. The van der Waals surface area contributed by atoms with Crippen LogP contribution >= 0.6 is 0 Å². The van der Waals surface area contributed by atoms with E-state index >= 15 is 0 Å². The lowest BCUT2D eigenvalue weighted by atomic mass is 9.71. The van der Waals surface area contributed by atoms with Crippen LogP contribution in [0.5, 0.6) is 0 Å². The van der Waals surface area contributed by atoms with Gasteiger partial charge in [0.05, 0.1) is 30.8 Å². The normalized spacial score (nSPS) is 24.8. The van der Waals surface area contributed by atoms with Gasteiger partial charge in [-0.05, 0) is 48.0 Å². The van der Waals surface area contributed by atoms with Crippen LogP contribution in [-0.2, 0) is 25.7 Å². The number of nitrogens with one attached hydrogen (secondary N) is 1. The zero-order valence-corrected chi connectivity index (χ0v) is 32.4. The van der Waals surface area contributed by atoms with E-state index < -0.39 is 5.41 Å². The summed E-state index contributed by atoms with van der Waals surface area (Å²) in [5.74, 6) is 1.62. The third-order valence-electron chi connectivity index (χ3n) is 11.7. The number of aromatic nitrogens is 2. The number of ether oxygens (including phenoxy) is 1. The maximum atomic E-state index is 13.6. The van der Waals surface area contributed by atoms with E-state index in [1.807, 2.05) is 40.1 Å². The van der Waals surface area contributed by atoms with Crippen molar-refractivity contribution in [3.8, 4) is 0 Å². The highest BCUT2D eigenvalue weighted by Crippen LogP contribution is 2.54. The first-order chi connectivity index (χ1) is 24.9. The topological polar surface area (TPSA) is 117 Å². The van der Waals surface area contributed by atoms with Gasteiger partial charge in [-0.25, -0.2) is 0 Å². The third-order valence-corrected chi connectivity index (χ3v) is 11.7. The molecule has 1 aliphatic carbocycles. The average molecular weight is 721 g/mol. The molecule has 3 aliphatic heterocycles. The van der Waals surface area contributed by atoms with E-state index in [1.165, 1.54) is 6.42 Å². The zero-order chi connectivity index (χ0) is 37.5. The fraction of sp³-hybridized carbons (Fsp3) is 0.683. The van der Waals surface area contributed by atoms with Crippen molar-refractivity contribution in [3.63, 3.8) is 0 Å². The lowest BCUT2D eigenvalue weighted by molar-refractivity contribution is -0.151. The molecule has 4 amide bonds. The van der Waals surface area contributed by atoms with Gasteiger partial charge in [-0.15, -0.1) is 0 Å². The predicted octanol–water partition coefficient (Wildman–Crippen LogP) is 5.20. The predicted molar refractivity (Wildman–Crippen MR) is 203 cm³/mol. The van der Waals surface area contributed by atoms with Crippen molar-refractivity contribution >= 4 is 24.1 Å². The highest BCUT2D eigenvalue weighted by atomic mass is 16.5. The number of carbonyl (C=O) groups is 4. The van der Waals surface area contributed by atoms with Crippen molar-refractivity contribution in [2.45, 2.75) is 80.2 Å². The first-order valence-corrected chi connectivity index (χ1v) is 19.6. The number of rotatable bonds is 14. The Morgan fingerprint density at radius 3 is 2.31 bits per heavy atom. The molecule has 11 heteroatoms. The van der Waals surface area contributed by atoms with Gasteiger partial charge >= 0.3 is 0 Å². The molecule has 4 heterocycles. The van der Waals surface area contributed by atoms with Crippen LogP contribution in [0.15, 0.2) is 42.7 Å². The minimum absolute atomic E-state index is 0. The average Bonchev–Trinajstić information content (AvgIpc) is 3.41. The van der Waals surface area contributed by atoms with E-state index in [1.54, 1.807) is 22.0 Å². The molecule has 52 heavy (non-hydrogen) atoms. The summed E-state index contributed by atoms with van der Waals surface area (Å²) in [5, 5.41) is 7.49.